The zero-order valence-corrected chi connectivity index (χ0v) is 11.2. The first-order chi connectivity index (χ1) is 8.24. The third-order valence-electron chi connectivity index (χ3n) is 2.88. The Balaban J connectivity index is 2.29. The minimum Gasteiger partial charge on any atom is -0.268 e. The molecule has 0 amide bonds. The van der Waals surface area contributed by atoms with Crippen molar-refractivity contribution in [2.45, 2.75) is 25.5 Å². The first-order valence-electron chi connectivity index (χ1n) is 5.97. The summed E-state index contributed by atoms with van der Waals surface area (Å²) in [6.45, 7) is 2.20. The van der Waals surface area contributed by atoms with Crippen LogP contribution in [-0.4, -0.2) is 9.78 Å². The Morgan fingerprint density at radius 2 is 1.94 bits per heavy atom. The highest BCUT2D eigenvalue weighted by molar-refractivity contribution is 7.79. The highest BCUT2D eigenvalue weighted by Crippen LogP contribution is 2.21. The van der Waals surface area contributed by atoms with Crippen LogP contribution < -0.4 is 0 Å². The Kier molecular flexibility index (Phi) is 3.89. The standard InChI is InChI=1S/C14H18N2S/c1-3-4-11-5-7-12(8-6-11)14-9-13(10-17)15-16(14)2/h5-9,17H,3-4,10H2,1-2H3. The normalized spacial score (nSPS) is 10.8. The van der Waals surface area contributed by atoms with E-state index in [1.807, 2.05) is 11.7 Å². The largest absolute Gasteiger partial charge is 0.268 e. The van der Waals surface area contributed by atoms with Crippen molar-refractivity contribution in [1.82, 2.24) is 9.78 Å². The monoisotopic (exact) mass is 246 g/mol. The molecule has 0 saturated heterocycles. The van der Waals surface area contributed by atoms with Crippen molar-refractivity contribution in [3.63, 3.8) is 0 Å². The zero-order chi connectivity index (χ0) is 12.3. The Hall–Kier alpha value is -1.22. The van der Waals surface area contributed by atoms with Crippen molar-refractivity contribution in [3.05, 3.63) is 41.6 Å². The molecule has 1 aromatic carbocycles. The van der Waals surface area contributed by atoms with Gasteiger partial charge in [0, 0.05) is 12.8 Å². The second-order valence-electron chi connectivity index (χ2n) is 4.25. The molecule has 0 spiro atoms. The Bertz CT molecular complexity index is 485. The zero-order valence-electron chi connectivity index (χ0n) is 10.3. The molecule has 90 valence electrons. The molecule has 0 atom stereocenters. The van der Waals surface area contributed by atoms with Crippen LogP contribution in [-0.2, 0) is 19.2 Å². The summed E-state index contributed by atoms with van der Waals surface area (Å²) >= 11 is 4.25. The number of benzene rings is 1. The van der Waals surface area contributed by atoms with E-state index in [2.05, 4.69) is 55.0 Å². The molecule has 1 aromatic heterocycles. The third-order valence-corrected chi connectivity index (χ3v) is 3.20. The van der Waals surface area contributed by atoms with E-state index in [1.54, 1.807) is 0 Å². The fourth-order valence-corrected chi connectivity index (χ4v) is 2.16. The van der Waals surface area contributed by atoms with Crippen LogP contribution in [0.15, 0.2) is 30.3 Å². The summed E-state index contributed by atoms with van der Waals surface area (Å²) in [5, 5.41) is 4.40. The van der Waals surface area contributed by atoms with Crippen LogP contribution in [0.1, 0.15) is 24.6 Å². The Morgan fingerprint density at radius 3 is 2.47 bits per heavy atom. The molecule has 2 rings (SSSR count). The molecule has 3 heteroatoms. The number of rotatable bonds is 4. The molecule has 1 heterocycles. The minimum absolute atomic E-state index is 0.682. The lowest BCUT2D eigenvalue weighted by Gasteiger charge is -2.03. The van der Waals surface area contributed by atoms with E-state index in [-0.39, 0.29) is 0 Å². The molecule has 17 heavy (non-hydrogen) atoms. The van der Waals surface area contributed by atoms with Crippen LogP contribution in [0.25, 0.3) is 11.3 Å². The van der Waals surface area contributed by atoms with E-state index in [1.165, 1.54) is 17.5 Å². The van der Waals surface area contributed by atoms with Crippen LogP contribution in [0.3, 0.4) is 0 Å². The summed E-state index contributed by atoms with van der Waals surface area (Å²) in [5.41, 5.74) is 4.78. The van der Waals surface area contributed by atoms with Crippen molar-refractivity contribution < 1.29 is 0 Å². The molecule has 0 aliphatic heterocycles. The smallest absolute Gasteiger partial charge is 0.0727 e. The van der Waals surface area contributed by atoms with Gasteiger partial charge in [-0.15, -0.1) is 0 Å². The maximum absolute atomic E-state index is 4.40. The molecule has 0 N–H and O–H groups in total. The molecular formula is C14H18N2S. The van der Waals surface area contributed by atoms with Crippen molar-refractivity contribution in [1.29, 1.82) is 0 Å². The molecule has 0 radical (unpaired) electrons. The van der Waals surface area contributed by atoms with Gasteiger partial charge >= 0.3 is 0 Å². The number of hydrogen-bond acceptors (Lipinski definition) is 2. The SMILES string of the molecule is CCCc1ccc(-c2cc(CS)nn2C)cc1. The first kappa shape index (κ1) is 12.2. The van der Waals surface area contributed by atoms with E-state index in [0.717, 1.165) is 17.8 Å². The van der Waals surface area contributed by atoms with Crippen molar-refractivity contribution in [2.75, 3.05) is 0 Å². The fourth-order valence-electron chi connectivity index (χ4n) is 2.00. The van der Waals surface area contributed by atoms with Gasteiger partial charge in [-0.05, 0) is 23.6 Å². The van der Waals surface area contributed by atoms with Gasteiger partial charge in [0.1, 0.15) is 0 Å². The van der Waals surface area contributed by atoms with Crippen LogP contribution in [0.2, 0.25) is 0 Å². The van der Waals surface area contributed by atoms with Gasteiger partial charge in [0.15, 0.2) is 0 Å². The van der Waals surface area contributed by atoms with E-state index >= 15 is 0 Å². The van der Waals surface area contributed by atoms with Crippen LogP contribution in [0, 0.1) is 0 Å². The van der Waals surface area contributed by atoms with Gasteiger partial charge in [-0.2, -0.15) is 17.7 Å². The summed E-state index contributed by atoms with van der Waals surface area (Å²) < 4.78 is 1.92. The number of nitrogens with zero attached hydrogens (tertiary/aromatic N) is 2. The van der Waals surface area contributed by atoms with Gasteiger partial charge in [0.25, 0.3) is 0 Å². The van der Waals surface area contributed by atoms with Gasteiger partial charge in [-0.1, -0.05) is 37.6 Å². The summed E-state index contributed by atoms with van der Waals surface area (Å²) in [5.74, 6) is 0.682. The number of aromatic nitrogens is 2. The van der Waals surface area contributed by atoms with Gasteiger partial charge in [-0.25, -0.2) is 0 Å². The lowest BCUT2D eigenvalue weighted by Crippen LogP contribution is -1.94. The van der Waals surface area contributed by atoms with Crippen LogP contribution in [0.4, 0.5) is 0 Å². The van der Waals surface area contributed by atoms with Crippen molar-refractivity contribution in [3.8, 4) is 11.3 Å². The molecule has 0 bridgehead atoms. The average molecular weight is 246 g/mol. The highest BCUT2D eigenvalue weighted by atomic mass is 32.1. The number of thiol groups is 1. The second-order valence-corrected chi connectivity index (χ2v) is 4.57. The van der Waals surface area contributed by atoms with Gasteiger partial charge in [-0.3, -0.25) is 4.68 Å². The van der Waals surface area contributed by atoms with Gasteiger partial charge in [0.2, 0.25) is 0 Å². The van der Waals surface area contributed by atoms with E-state index < -0.39 is 0 Å². The topological polar surface area (TPSA) is 17.8 Å². The molecule has 0 unspecified atom stereocenters. The number of hydrogen-bond donors (Lipinski definition) is 1. The summed E-state index contributed by atoms with van der Waals surface area (Å²) in [6, 6.07) is 10.8. The highest BCUT2D eigenvalue weighted by Gasteiger charge is 2.06. The molecule has 2 nitrogen and oxygen atoms in total. The maximum Gasteiger partial charge on any atom is 0.0727 e. The van der Waals surface area contributed by atoms with Crippen LogP contribution >= 0.6 is 12.6 Å². The first-order valence-corrected chi connectivity index (χ1v) is 6.61. The quantitative estimate of drug-likeness (QED) is 0.818. The van der Waals surface area contributed by atoms with E-state index in [4.69, 9.17) is 0 Å². The maximum atomic E-state index is 4.40. The summed E-state index contributed by atoms with van der Waals surface area (Å²) in [4.78, 5) is 0. The average Bonchev–Trinajstić information content (AvgIpc) is 2.72. The lowest BCUT2D eigenvalue weighted by atomic mass is 10.1. The summed E-state index contributed by atoms with van der Waals surface area (Å²) in [7, 11) is 1.97. The summed E-state index contributed by atoms with van der Waals surface area (Å²) in [6.07, 6.45) is 2.34. The van der Waals surface area contributed by atoms with E-state index in [9.17, 15) is 0 Å². The molecule has 0 fully saturated rings. The predicted molar refractivity (Wildman–Crippen MR) is 75.3 cm³/mol. The molecular weight excluding hydrogens is 228 g/mol. The van der Waals surface area contributed by atoms with Gasteiger partial charge < -0.3 is 0 Å². The number of aryl methyl sites for hydroxylation is 2. The van der Waals surface area contributed by atoms with Crippen LogP contribution in [0.5, 0.6) is 0 Å². The lowest BCUT2D eigenvalue weighted by molar-refractivity contribution is 0.762. The van der Waals surface area contributed by atoms with Gasteiger partial charge in [0.05, 0.1) is 11.4 Å². The molecule has 0 saturated carbocycles. The van der Waals surface area contributed by atoms with Crippen molar-refractivity contribution >= 4 is 12.6 Å². The molecule has 0 aliphatic rings. The minimum atomic E-state index is 0.682. The van der Waals surface area contributed by atoms with Crippen molar-refractivity contribution in [2.24, 2.45) is 7.05 Å². The Morgan fingerprint density at radius 1 is 1.24 bits per heavy atom. The molecule has 2 aromatic rings. The second kappa shape index (κ2) is 5.41. The molecule has 0 aliphatic carbocycles. The Labute approximate surface area is 108 Å². The van der Waals surface area contributed by atoms with E-state index in [0.29, 0.717) is 5.75 Å². The predicted octanol–water partition coefficient (Wildman–Crippen LogP) is 3.47. The fraction of sp³-hybridized carbons (Fsp3) is 0.357. The third kappa shape index (κ3) is 2.72.